The van der Waals surface area contributed by atoms with Crippen LogP contribution in [0.3, 0.4) is 0 Å². The van der Waals surface area contributed by atoms with Gasteiger partial charge in [-0.3, -0.25) is 4.98 Å². The lowest BCUT2D eigenvalue weighted by Gasteiger charge is -2.16. The molecule has 5 nitrogen and oxygen atoms in total. The van der Waals surface area contributed by atoms with Gasteiger partial charge in [-0.05, 0) is 0 Å². The lowest BCUT2D eigenvalue weighted by Crippen LogP contribution is -2.20. The predicted molar refractivity (Wildman–Crippen MR) is 51.3 cm³/mol. The summed E-state index contributed by atoms with van der Waals surface area (Å²) in [4.78, 5) is 3.63. The van der Waals surface area contributed by atoms with Gasteiger partial charge >= 0.3 is 6.36 Å². The Balaban J connectivity index is 3.30. The van der Waals surface area contributed by atoms with Crippen molar-refractivity contribution in [2.24, 2.45) is 5.73 Å². The van der Waals surface area contributed by atoms with Gasteiger partial charge in [-0.2, -0.15) is 0 Å². The number of aliphatic hydroxyl groups is 1. The molecule has 96 valence electrons. The van der Waals surface area contributed by atoms with Crippen LogP contribution in [0.15, 0.2) is 6.20 Å². The number of nitrogens with zero attached hydrogens (tertiary/aromatic N) is 1. The highest BCUT2D eigenvalue weighted by Crippen LogP contribution is 2.37. The molecule has 17 heavy (non-hydrogen) atoms. The molecule has 0 spiro atoms. The standard InChI is InChI=1S/C9H11F3N2O3/c1-16-7-5(2-13)3-14-6(4-15)8(7)17-9(10,11)12/h3,15H,2,4,13H2,1H3. The van der Waals surface area contributed by atoms with E-state index in [1.807, 2.05) is 0 Å². The van der Waals surface area contributed by atoms with E-state index in [1.165, 1.54) is 13.3 Å². The van der Waals surface area contributed by atoms with Crippen molar-refractivity contribution in [3.8, 4) is 11.5 Å². The molecular formula is C9H11F3N2O3. The van der Waals surface area contributed by atoms with E-state index < -0.39 is 18.7 Å². The molecule has 0 saturated carbocycles. The summed E-state index contributed by atoms with van der Waals surface area (Å²) in [6, 6.07) is 0. The van der Waals surface area contributed by atoms with Crippen molar-refractivity contribution in [3.63, 3.8) is 0 Å². The van der Waals surface area contributed by atoms with Crippen molar-refractivity contribution in [3.05, 3.63) is 17.5 Å². The van der Waals surface area contributed by atoms with Crippen molar-refractivity contribution in [1.29, 1.82) is 0 Å². The Hall–Kier alpha value is -1.54. The third-order valence-electron chi connectivity index (χ3n) is 1.93. The molecule has 0 amide bonds. The molecule has 1 aromatic heterocycles. The summed E-state index contributed by atoms with van der Waals surface area (Å²) in [5.41, 5.74) is 5.32. The van der Waals surface area contributed by atoms with E-state index in [-0.39, 0.29) is 23.6 Å². The molecule has 8 heteroatoms. The van der Waals surface area contributed by atoms with E-state index in [0.717, 1.165) is 0 Å². The average molecular weight is 252 g/mol. The van der Waals surface area contributed by atoms with Gasteiger partial charge in [0.25, 0.3) is 0 Å². The Morgan fingerprint density at radius 2 is 2.06 bits per heavy atom. The van der Waals surface area contributed by atoms with Crippen molar-refractivity contribution in [2.45, 2.75) is 19.5 Å². The lowest BCUT2D eigenvalue weighted by molar-refractivity contribution is -0.275. The Morgan fingerprint density at radius 1 is 1.41 bits per heavy atom. The fourth-order valence-corrected chi connectivity index (χ4v) is 1.25. The molecule has 0 unspecified atom stereocenters. The van der Waals surface area contributed by atoms with Gasteiger partial charge in [0.05, 0.1) is 13.7 Å². The molecule has 0 radical (unpaired) electrons. The van der Waals surface area contributed by atoms with Crippen LogP contribution in [0.25, 0.3) is 0 Å². The van der Waals surface area contributed by atoms with E-state index in [1.54, 1.807) is 0 Å². The summed E-state index contributed by atoms with van der Waals surface area (Å²) in [6.07, 6.45) is -3.67. The number of rotatable bonds is 4. The van der Waals surface area contributed by atoms with Gasteiger partial charge in [0.2, 0.25) is 0 Å². The summed E-state index contributed by atoms with van der Waals surface area (Å²) in [7, 11) is 1.18. The van der Waals surface area contributed by atoms with E-state index in [2.05, 4.69) is 9.72 Å². The zero-order valence-electron chi connectivity index (χ0n) is 8.91. The quantitative estimate of drug-likeness (QED) is 0.833. The molecule has 0 aliphatic rings. The monoisotopic (exact) mass is 252 g/mol. The second-order valence-electron chi connectivity index (χ2n) is 3.00. The first-order chi connectivity index (χ1) is 7.92. The normalized spacial score (nSPS) is 11.4. The second-order valence-corrected chi connectivity index (χ2v) is 3.00. The third-order valence-corrected chi connectivity index (χ3v) is 1.93. The minimum Gasteiger partial charge on any atom is -0.492 e. The lowest BCUT2D eigenvalue weighted by atomic mass is 10.2. The highest BCUT2D eigenvalue weighted by atomic mass is 19.4. The number of methoxy groups -OCH3 is 1. The molecule has 0 fully saturated rings. The van der Waals surface area contributed by atoms with Crippen LogP contribution >= 0.6 is 0 Å². The van der Waals surface area contributed by atoms with Crippen LogP contribution in [0.5, 0.6) is 11.5 Å². The van der Waals surface area contributed by atoms with Crippen molar-refractivity contribution in [2.75, 3.05) is 7.11 Å². The smallest absolute Gasteiger partial charge is 0.492 e. The van der Waals surface area contributed by atoms with Gasteiger partial charge in [-0.15, -0.1) is 13.2 Å². The van der Waals surface area contributed by atoms with Crippen LogP contribution in [0.1, 0.15) is 11.3 Å². The fraction of sp³-hybridized carbons (Fsp3) is 0.444. The van der Waals surface area contributed by atoms with Crippen LogP contribution in [0.2, 0.25) is 0 Å². The number of hydrogen-bond acceptors (Lipinski definition) is 5. The van der Waals surface area contributed by atoms with Gasteiger partial charge in [0.15, 0.2) is 11.5 Å². The molecule has 1 rings (SSSR count). The molecule has 0 aromatic carbocycles. The summed E-state index contributed by atoms with van der Waals surface area (Å²) in [6.45, 7) is -0.761. The van der Waals surface area contributed by atoms with Crippen LogP contribution in [0.4, 0.5) is 13.2 Å². The molecule has 0 aliphatic carbocycles. The molecule has 0 aliphatic heterocycles. The Bertz CT molecular complexity index is 396. The summed E-state index contributed by atoms with van der Waals surface area (Å²) < 4.78 is 45.2. The SMILES string of the molecule is COc1c(CN)cnc(CO)c1OC(F)(F)F. The van der Waals surface area contributed by atoms with Crippen LogP contribution in [-0.4, -0.2) is 23.6 Å². The Kier molecular flexibility index (Phi) is 4.13. The Labute approximate surface area is 95.0 Å². The van der Waals surface area contributed by atoms with Crippen molar-refractivity contribution >= 4 is 0 Å². The number of ether oxygens (including phenoxy) is 2. The molecule has 3 N–H and O–H groups in total. The number of hydrogen-bond donors (Lipinski definition) is 2. The van der Waals surface area contributed by atoms with E-state index >= 15 is 0 Å². The molecular weight excluding hydrogens is 241 g/mol. The average Bonchev–Trinajstić information content (AvgIpc) is 2.26. The minimum absolute atomic E-state index is 0.0594. The molecule has 1 heterocycles. The number of halogens is 3. The maximum absolute atomic E-state index is 12.2. The van der Waals surface area contributed by atoms with E-state index in [9.17, 15) is 13.2 Å². The first kappa shape index (κ1) is 13.5. The van der Waals surface area contributed by atoms with Crippen molar-refractivity contribution < 1.29 is 27.8 Å². The number of pyridine rings is 1. The van der Waals surface area contributed by atoms with Gasteiger partial charge in [-0.25, -0.2) is 0 Å². The van der Waals surface area contributed by atoms with Crippen LogP contribution in [0, 0.1) is 0 Å². The first-order valence-corrected chi connectivity index (χ1v) is 4.54. The molecule has 1 aromatic rings. The summed E-state index contributed by atoms with van der Waals surface area (Å²) in [5, 5.41) is 8.90. The second kappa shape index (κ2) is 5.19. The Morgan fingerprint density at radius 3 is 2.47 bits per heavy atom. The largest absolute Gasteiger partial charge is 0.573 e. The number of nitrogens with two attached hydrogens (primary N) is 1. The maximum atomic E-state index is 12.2. The third kappa shape index (κ3) is 3.21. The zero-order chi connectivity index (χ0) is 13.1. The number of alkyl halides is 3. The van der Waals surface area contributed by atoms with Gasteiger partial charge in [0.1, 0.15) is 5.69 Å². The summed E-state index contributed by atoms with van der Waals surface area (Å²) in [5.74, 6) is -0.839. The van der Waals surface area contributed by atoms with Gasteiger partial charge < -0.3 is 20.3 Å². The van der Waals surface area contributed by atoms with Gasteiger partial charge in [0, 0.05) is 18.3 Å². The molecule has 0 atom stereocenters. The summed E-state index contributed by atoms with van der Waals surface area (Å²) >= 11 is 0. The highest BCUT2D eigenvalue weighted by Gasteiger charge is 2.34. The predicted octanol–water partition coefficient (Wildman–Crippen LogP) is 0.940. The van der Waals surface area contributed by atoms with Gasteiger partial charge in [-0.1, -0.05) is 0 Å². The van der Waals surface area contributed by atoms with Crippen molar-refractivity contribution in [1.82, 2.24) is 4.98 Å². The number of aromatic nitrogens is 1. The maximum Gasteiger partial charge on any atom is 0.573 e. The topological polar surface area (TPSA) is 77.6 Å². The first-order valence-electron chi connectivity index (χ1n) is 4.54. The van der Waals surface area contributed by atoms with E-state index in [4.69, 9.17) is 15.6 Å². The minimum atomic E-state index is -4.90. The zero-order valence-corrected chi connectivity index (χ0v) is 8.91. The molecule has 0 bridgehead atoms. The molecule has 0 saturated heterocycles. The fourth-order valence-electron chi connectivity index (χ4n) is 1.25. The number of aliphatic hydroxyl groups excluding tert-OH is 1. The van der Waals surface area contributed by atoms with Crippen LogP contribution in [-0.2, 0) is 13.2 Å². The highest BCUT2D eigenvalue weighted by molar-refractivity contribution is 5.48. The van der Waals surface area contributed by atoms with Crippen LogP contribution < -0.4 is 15.2 Å². The van der Waals surface area contributed by atoms with E-state index in [0.29, 0.717) is 0 Å².